The molecule has 1 saturated carbocycles. The number of likely N-dealkylation sites (N-methyl/N-ethyl adjacent to an activating group) is 1. The summed E-state index contributed by atoms with van der Waals surface area (Å²) in [6.45, 7) is 1.87. The van der Waals surface area contributed by atoms with Crippen molar-refractivity contribution in [3.63, 3.8) is 0 Å². The highest BCUT2D eigenvalue weighted by atomic mass is 19.4. The Kier molecular flexibility index (Phi) is 5.12. The largest absolute Gasteiger partial charge is 0.391 e. The summed E-state index contributed by atoms with van der Waals surface area (Å²) in [5.41, 5.74) is 0. The predicted octanol–water partition coefficient (Wildman–Crippen LogP) is 3.18. The zero-order valence-electron chi connectivity index (χ0n) is 11.7. The summed E-state index contributed by atoms with van der Waals surface area (Å²) >= 11 is 0. The molecule has 2 aliphatic rings. The molecule has 1 N–H and O–H groups in total. The molecule has 2 fully saturated rings. The summed E-state index contributed by atoms with van der Waals surface area (Å²) < 4.78 is 38.7. The van der Waals surface area contributed by atoms with E-state index in [0.29, 0.717) is 18.9 Å². The molecular formula is C14H25F3N2. The molecule has 3 atom stereocenters. The van der Waals surface area contributed by atoms with Crippen LogP contribution in [0.4, 0.5) is 13.2 Å². The molecule has 0 aromatic heterocycles. The third-order valence-corrected chi connectivity index (χ3v) is 4.69. The van der Waals surface area contributed by atoms with E-state index in [9.17, 15) is 13.2 Å². The highest BCUT2D eigenvalue weighted by Gasteiger charge is 2.44. The molecule has 1 saturated heterocycles. The molecule has 0 aromatic carbocycles. The summed E-state index contributed by atoms with van der Waals surface area (Å²) in [6, 6.07) is 0.565. The van der Waals surface area contributed by atoms with Crippen LogP contribution in [0.1, 0.15) is 44.9 Å². The molecule has 1 heterocycles. The molecule has 5 heteroatoms. The second kappa shape index (κ2) is 6.44. The Morgan fingerprint density at radius 2 is 1.89 bits per heavy atom. The van der Waals surface area contributed by atoms with E-state index in [1.54, 1.807) is 0 Å². The van der Waals surface area contributed by atoms with Crippen LogP contribution in [0.5, 0.6) is 0 Å². The van der Waals surface area contributed by atoms with Crippen molar-refractivity contribution >= 4 is 0 Å². The Morgan fingerprint density at radius 1 is 1.11 bits per heavy atom. The number of nitrogens with one attached hydrogen (secondary N) is 1. The number of hydrogen-bond donors (Lipinski definition) is 1. The predicted molar refractivity (Wildman–Crippen MR) is 70.1 cm³/mol. The van der Waals surface area contributed by atoms with Crippen LogP contribution in [-0.2, 0) is 0 Å². The van der Waals surface area contributed by atoms with E-state index in [2.05, 4.69) is 10.2 Å². The monoisotopic (exact) mass is 278 g/mol. The minimum absolute atomic E-state index is 0.138. The van der Waals surface area contributed by atoms with Crippen LogP contribution in [0.3, 0.4) is 0 Å². The van der Waals surface area contributed by atoms with Gasteiger partial charge in [0.15, 0.2) is 0 Å². The van der Waals surface area contributed by atoms with Gasteiger partial charge in [0.1, 0.15) is 0 Å². The van der Waals surface area contributed by atoms with E-state index in [1.807, 2.05) is 7.05 Å². The first kappa shape index (κ1) is 15.1. The number of piperidine rings is 1. The van der Waals surface area contributed by atoms with Crippen LogP contribution in [0, 0.1) is 5.92 Å². The van der Waals surface area contributed by atoms with Gasteiger partial charge < -0.3 is 5.32 Å². The first-order chi connectivity index (χ1) is 9.02. The lowest BCUT2D eigenvalue weighted by molar-refractivity contribution is -0.187. The minimum atomic E-state index is -4.01. The van der Waals surface area contributed by atoms with Crippen molar-refractivity contribution in [2.45, 2.75) is 63.2 Å². The number of halogens is 3. The Labute approximate surface area is 113 Å². The van der Waals surface area contributed by atoms with Gasteiger partial charge in [-0.1, -0.05) is 12.8 Å². The fourth-order valence-corrected chi connectivity index (χ4v) is 3.72. The third kappa shape index (κ3) is 3.85. The average Bonchev–Trinajstić information content (AvgIpc) is 2.39. The van der Waals surface area contributed by atoms with Crippen LogP contribution >= 0.6 is 0 Å². The first-order valence-corrected chi connectivity index (χ1v) is 7.49. The Balaban J connectivity index is 1.98. The first-order valence-electron chi connectivity index (χ1n) is 7.49. The van der Waals surface area contributed by atoms with Crippen molar-refractivity contribution < 1.29 is 13.2 Å². The van der Waals surface area contributed by atoms with E-state index in [4.69, 9.17) is 0 Å². The molecule has 112 valence electrons. The summed E-state index contributed by atoms with van der Waals surface area (Å²) in [6.07, 6.45) is 1.74. The standard InChI is InChI=1S/C14H25F3N2/c1-18-10-13-6-2-3-8-19(13)12-7-4-5-11(9-12)14(15,16)17/h11-13,18H,2-10H2,1H3. The molecule has 19 heavy (non-hydrogen) atoms. The van der Waals surface area contributed by atoms with Gasteiger partial charge in [0.25, 0.3) is 0 Å². The smallest absolute Gasteiger partial charge is 0.318 e. The van der Waals surface area contributed by atoms with E-state index in [-0.39, 0.29) is 6.04 Å². The van der Waals surface area contributed by atoms with Crippen LogP contribution in [-0.4, -0.2) is 43.3 Å². The highest BCUT2D eigenvalue weighted by molar-refractivity contribution is 4.89. The van der Waals surface area contributed by atoms with Gasteiger partial charge >= 0.3 is 6.18 Å². The van der Waals surface area contributed by atoms with Gasteiger partial charge in [-0.25, -0.2) is 0 Å². The normalized spacial score (nSPS) is 34.4. The average molecular weight is 278 g/mol. The van der Waals surface area contributed by atoms with Crippen LogP contribution < -0.4 is 5.32 Å². The molecule has 2 rings (SSSR count). The van der Waals surface area contributed by atoms with Gasteiger partial charge in [0, 0.05) is 18.6 Å². The van der Waals surface area contributed by atoms with Crippen molar-refractivity contribution in [1.29, 1.82) is 0 Å². The second-order valence-corrected chi connectivity index (χ2v) is 6.00. The summed E-state index contributed by atoms with van der Waals surface area (Å²) in [7, 11) is 1.92. The van der Waals surface area contributed by atoms with E-state index >= 15 is 0 Å². The number of alkyl halides is 3. The minimum Gasteiger partial charge on any atom is -0.318 e. The topological polar surface area (TPSA) is 15.3 Å². The Bertz CT molecular complexity index is 278. The molecule has 0 radical (unpaired) electrons. The van der Waals surface area contributed by atoms with Crippen molar-refractivity contribution in [2.24, 2.45) is 5.92 Å². The Morgan fingerprint density at radius 3 is 2.58 bits per heavy atom. The highest BCUT2D eigenvalue weighted by Crippen LogP contribution is 2.40. The SMILES string of the molecule is CNCC1CCCCN1C1CCCC(C(F)(F)F)C1. The van der Waals surface area contributed by atoms with Gasteiger partial charge in [-0.15, -0.1) is 0 Å². The molecule has 2 nitrogen and oxygen atoms in total. The number of likely N-dealkylation sites (tertiary alicyclic amines) is 1. The quantitative estimate of drug-likeness (QED) is 0.853. The molecule has 1 aliphatic heterocycles. The van der Waals surface area contributed by atoms with E-state index in [1.165, 1.54) is 6.42 Å². The molecule has 3 unspecified atom stereocenters. The van der Waals surface area contributed by atoms with Gasteiger partial charge in [-0.2, -0.15) is 13.2 Å². The molecular weight excluding hydrogens is 253 g/mol. The van der Waals surface area contributed by atoms with Crippen LogP contribution in [0.15, 0.2) is 0 Å². The molecule has 0 aromatic rings. The van der Waals surface area contributed by atoms with Gasteiger partial charge in [0.05, 0.1) is 5.92 Å². The Hall–Kier alpha value is -0.290. The number of rotatable bonds is 3. The maximum Gasteiger partial charge on any atom is 0.391 e. The van der Waals surface area contributed by atoms with Gasteiger partial charge in [-0.05, 0) is 45.7 Å². The van der Waals surface area contributed by atoms with Gasteiger partial charge in [-0.3, -0.25) is 4.90 Å². The summed E-state index contributed by atoms with van der Waals surface area (Å²) in [5, 5.41) is 3.18. The van der Waals surface area contributed by atoms with Crippen molar-refractivity contribution in [1.82, 2.24) is 10.2 Å². The lowest BCUT2D eigenvalue weighted by Gasteiger charge is -2.44. The van der Waals surface area contributed by atoms with E-state index in [0.717, 1.165) is 38.8 Å². The zero-order chi connectivity index (χ0) is 13.9. The van der Waals surface area contributed by atoms with Crippen molar-refractivity contribution in [3.05, 3.63) is 0 Å². The molecule has 1 aliphatic carbocycles. The van der Waals surface area contributed by atoms with Gasteiger partial charge in [0.2, 0.25) is 0 Å². The fourth-order valence-electron chi connectivity index (χ4n) is 3.72. The lowest BCUT2D eigenvalue weighted by Crippen LogP contribution is -2.52. The molecule has 0 bridgehead atoms. The maximum atomic E-state index is 12.9. The summed E-state index contributed by atoms with van der Waals surface area (Å²) in [4.78, 5) is 2.36. The second-order valence-electron chi connectivity index (χ2n) is 6.00. The lowest BCUT2D eigenvalue weighted by atomic mass is 9.83. The summed E-state index contributed by atoms with van der Waals surface area (Å²) in [5.74, 6) is -1.08. The van der Waals surface area contributed by atoms with Crippen molar-refractivity contribution in [2.75, 3.05) is 20.1 Å². The van der Waals surface area contributed by atoms with Crippen LogP contribution in [0.25, 0.3) is 0 Å². The van der Waals surface area contributed by atoms with E-state index < -0.39 is 12.1 Å². The number of nitrogens with zero attached hydrogens (tertiary/aromatic N) is 1. The fraction of sp³-hybridized carbons (Fsp3) is 1.00. The van der Waals surface area contributed by atoms with Crippen molar-refractivity contribution in [3.8, 4) is 0 Å². The third-order valence-electron chi connectivity index (χ3n) is 4.69. The van der Waals surface area contributed by atoms with Crippen LogP contribution in [0.2, 0.25) is 0 Å². The molecule has 0 amide bonds. The number of hydrogen-bond acceptors (Lipinski definition) is 2. The molecule has 0 spiro atoms. The zero-order valence-corrected chi connectivity index (χ0v) is 11.7. The maximum absolute atomic E-state index is 12.9.